The van der Waals surface area contributed by atoms with Crippen LogP contribution in [0.3, 0.4) is 0 Å². The van der Waals surface area contributed by atoms with Crippen molar-refractivity contribution in [3.05, 3.63) is 27.7 Å². The van der Waals surface area contributed by atoms with Crippen LogP contribution in [0.25, 0.3) is 0 Å². The van der Waals surface area contributed by atoms with Crippen molar-refractivity contribution in [3.8, 4) is 0 Å². The van der Waals surface area contributed by atoms with Crippen molar-refractivity contribution in [1.29, 1.82) is 0 Å². The smallest absolute Gasteiger partial charge is 0.244 e. The van der Waals surface area contributed by atoms with Gasteiger partial charge in [-0.3, -0.25) is 4.79 Å². The lowest BCUT2D eigenvalue weighted by molar-refractivity contribution is -0.121. The zero-order valence-corrected chi connectivity index (χ0v) is 12.7. The SMILES string of the molecule is CNC1CCCN(c2cc(C)c(Br)c(C)c2)C1=O. The maximum absolute atomic E-state index is 12.3. The second-order valence-corrected chi connectivity index (χ2v) is 5.66. The van der Waals surface area contributed by atoms with Crippen molar-refractivity contribution in [1.82, 2.24) is 5.32 Å². The van der Waals surface area contributed by atoms with E-state index in [2.05, 4.69) is 47.2 Å². The Hall–Kier alpha value is -0.870. The molecule has 1 saturated heterocycles. The number of carbonyl (C=O) groups excluding carboxylic acids is 1. The maximum atomic E-state index is 12.3. The highest BCUT2D eigenvalue weighted by Gasteiger charge is 2.28. The van der Waals surface area contributed by atoms with E-state index in [4.69, 9.17) is 0 Å². The topological polar surface area (TPSA) is 32.3 Å². The largest absolute Gasteiger partial charge is 0.311 e. The molecule has 1 aromatic rings. The third kappa shape index (κ3) is 2.45. The van der Waals surface area contributed by atoms with Gasteiger partial charge in [0.25, 0.3) is 0 Å². The van der Waals surface area contributed by atoms with Gasteiger partial charge in [-0.2, -0.15) is 0 Å². The number of rotatable bonds is 2. The molecule has 1 heterocycles. The molecule has 0 saturated carbocycles. The number of carbonyl (C=O) groups is 1. The second-order valence-electron chi connectivity index (χ2n) is 4.87. The minimum atomic E-state index is -0.0389. The molecule has 1 aromatic carbocycles. The second kappa shape index (κ2) is 5.41. The van der Waals surface area contributed by atoms with Gasteiger partial charge in [0.15, 0.2) is 0 Å². The average Bonchev–Trinajstić information content (AvgIpc) is 2.35. The zero-order valence-electron chi connectivity index (χ0n) is 11.1. The fraction of sp³-hybridized carbons (Fsp3) is 0.500. The van der Waals surface area contributed by atoms with E-state index in [1.54, 1.807) is 0 Å². The molecule has 0 spiro atoms. The number of likely N-dealkylation sites (N-methyl/N-ethyl adjacent to an activating group) is 1. The Kier molecular flexibility index (Phi) is 4.07. The van der Waals surface area contributed by atoms with E-state index in [1.807, 2.05) is 11.9 Å². The van der Waals surface area contributed by atoms with Crippen LogP contribution in [0.2, 0.25) is 0 Å². The lowest BCUT2D eigenvalue weighted by Crippen LogP contribution is -2.49. The molecule has 0 radical (unpaired) electrons. The molecule has 0 bridgehead atoms. The van der Waals surface area contributed by atoms with Gasteiger partial charge in [-0.15, -0.1) is 0 Å². The minimum absolute atomic E-state index is 0.0389. The van der Waals surface area contributed by atoms with Crippen LogP contribution in [0.4, 0.5) is 5.69 Å². The quantitative estimate of drug-likeness (QED) is 0.911. The third-order valence-corrected chi connectivity index (χ3v) is 4.77. The first-order chi connectivity index (χ1) is 8.54. The summed E-state index contributed by atoms with van der Waals surface area (Å²) < 4.78 is 1.13. The summed E-state index contributed by atoms with van der Waals surface area (Å²) in [5.74, 6) is 0.185. The number of anilines is 1. The molecule has 1 aliphatic heterocycles. The van der Waals surface area contributed by atoms with Crippen LogP contribution in [0, 0.1) is 13.8 Å². The van der Waals surface area contributed by atoms with Crippen LogP contribution < -0.4 is 10.2 Å². The first-order valence-corrected chi connectivity index (χ1v) is 7.09. The number of hydrogen-bond acceptors (Lipinski definition) is 2. The molecule has 1 unspecified atom stereocenters. The lowest BCUT2D eigenvalue weighted by Gasteiger charge is -2.32. The Labute approximate surface area is 117 Å². The number of benzene rings is 1. The molecular formula is C14H19BrN2O. The normalized spacial score (nSPS) is 20.3. The molecule has 4 heteroatoms. The van der Waals surface area contributed by atoms with Gasteiger partial charge >= 0.3 is 0 Å². The highest BCUT2D eigenvalue weighted by atomic mass is 79.9. The van der Waals surface area contributed by atoms with Crippen molar-refractivity contribution >= 4 is 27.5 Å². The fourth-order valence-corrected chi connectivity index (χ4v) is 2.71. The monoisotopic (exact) mass is 310 g/mol. The molecule has 0 aliphatic carbocycles. The minimum Gasteiger partial charge on any atom is -0.311 e. The zero-order chi connectivity index (χ0) is 13.3. The number of piperidine rings is 1. The molecule has 3 nitrogen and oxygen atoms in total. The van der Waals surface area contributed by atoms with E-state index < -0.39 is 0 Å². The molecule has 98 valence electrons. The van der Waals surface area contributed by atoms with E-state index in [0.29, 0.717) is 0 Å². The Balaban J connectivity index is 2.33. The fourth-order valence-electron chi connectivity index (χ4n) is 2.48. The molecule has 0 aromatic heterocycles. The third-order valence-electron chi connectivity index (χ3n) is 3.52. The molecule has 1 aliphatic rings. The molecule has 1 fully saturated rings. The Morgan fingerprint density at radius 2 is 1.94 bits per heavy atom. The number of hydrogen-bond donors (Lipinski definition) is 1. The Bertz CT molecular complexity index is 450. The lowest BCUT2D eigenvalue weighted by atomic mass is 10.0. The summed E-state index contributed by atoms with van der Waals surface area (Å²) in [5, 5.41) is 3.09. The molecular weight excluding hydrogens is 292 g/mol. The molecule has 1 atom stereocenters. The Morgan fingerprint density at radius 1 is 1.33 bits per heavy atom. The summed E-state index contributed by atoms with van der Waals surface area (Å²) in [6.07, 6.45) is 1.98. The number of nitrogens with one attached hydrogen (secondary N) is 1. The van der Waals surface area contributed by atoms with Gasteiger partial charge in [-0.25, -0.2) is 0 Å². The van der Waals surface area contributed by atoms with Gasteiger partial charge in [0.2, 0.25) is 5.91 Å². The van der Waals surface area contributed by atoms with Crippen LogP contribution in [0.15, 0.2) is 16.6 Å². The summed E-state index contributed by atoms with van der Waals surface area (Å²) in [6.45, 7) is 4.94. The van der Waals surface area contributed by atoms with E-state index in [-0.39, 0.29) is 11.9 Å². The van der Waals surface area contributed by atoms with Crippen LogP contribution in [-0.4, -0.2) is 25.5 Å². The number of aryl methyl sites for hydroxylation is 2. The first kappa shape index (κ1) is 13.6. The van der Waals surface area contributed by atoms with E-state index in [9.17, 15) is 4.79 Å². The van der Waals surface area contributed by atoms with Crippen molar-refractivity contribution in [3.63, 3.8) is 0 Å². The first-order valence-electron chi connectivity index (χ1n) is 6.30. The van der Waals surface area contributed by atoms with Crippen LogP contribution in [0.1, 0.15) is 24.0 Å². The van der Waals surface area contributed by atoms with E-state index in [0.717, 1.165) is 29.5 Å². The van der Waals surface area contributed by atoms with Gasteiger partial charge in [-0.05, 0) is 57.0 Å². The molecule has 1 N–H and O–H groups in total. The molecule has 18 heavy (non-hydrogen) atoms. The predicted octanol–water partition coefficient (Wildman–Crippen LogP) is 2.78. The molecule has 1 amide bonds. The number of halogens is 1. The number of nitrogens with zero attached hydrogens (tertiary/aromatic N) is 1. The molecule has 2 rings (SSSR count). The van der Waals surface area contributed by atoms with Crippen molar-refractivity contribution < 1.29 is 4.79 Å². The van der Waals surface area contributed by atoms with Gasteiger partial charge in [0.1, 0.15) is 0 Å². The summed E-state index contributed by atoms with van der Waals surface area (Å²) in [7, 11) is 1.85. The average molecular weight is 311 g/mol. The predicted molar refractivity (Wildman–Crippen MR) is 78.1 cm³/mol. The maximum Gasteiger partial charge on any atom is 0.244 e. The summed E-state index contributed by atoms with van der Waals surface area (Å²) in [4.78, 5) is 14.2. The van der Waals surface area contributed by atoms with Gasteiger partial charge < -0.3 is 10.2 Å². The standard InChI is InChI=1S/C14H19BrN2O/c1-9-7-11(8-10(2)13(9)15)17-6-4-5-12(16-3)14(17)18/h7-8,12,16H,4-6H2,1-3H3. The van der Waals surface area contributed by atoms with E-state index >= 15 is 0 Å². The van der Waals surface area contributed by atoms with Crippen LogP contribution in [0.5, 0.6) is 0 Å². The van der Waals surface area contributed by atoms with Crippen molar-refractivity contribution in [2.75, 3.05) is 18.5 Å². The summed E-state index contributed by atoms with van der Waals surface area (Å²) in [5.41, 5.74) is 3.35. The number of amides is 1. The van der Waals surface area contributed by atoms with Gasteiger partial charge in [0.05, 0.1) is 6.04 Å². The highest BCUT2D eigenvalue weighted by Crippen LogP contribution is 2.29. The summed E-state index contributed by atoms with van der Waals surface area (Å²) >= 11 is 3.56. The van der Waals surface area contributed by atoms with Crippen molar-refractivity contribution in [2.45, 2.75) is 32.7 Å². The Morgan fingerprint density at radius 3 is 2.50 bits per heavy atom. The van der Waals surface area contributed by atoms with Crippen molar-refractivity contribution in [2.24, 2.45) is 0 Å². The van der Waals surface area contributed by atoms with Gasteiger partial charge in [-0.1, -0.05) is 15.9 Å². The van der Waals surface area contributed by atoms with Crippen LogP contribution in [-0.2, 0) is 4.79 Å². The highest BCUT2D eigenvalue weighted by molar-refractivity contribution is 9.10. The van der Waals surface area contributed by atoms with Gasteiger partial charge in [0, 0.05) is 16.7 Å². The van der Waals surface area contributed by atoms with E-state index in [1.165, 1.54) is 11.1 Å². The summed E-state index contributed by atoms with van der Waals surface area (Å²) in [6, 6.07) is 4.11. The van der Waals surface area contributed by atoms with Crippen LogP contribution >= 0.6 is 15.9 Å².